The van der Waals surface area contributed by atoms with Gasteiger partial charge in [0.1, 0.15) is 5.75 Å². The molecule has 3 aromatic rings. The van der Waals surface area contributed by atoms with Gasteiger partial charge in [0.05, 0.1) is 17.2 Å². The molecule has 0 fully saturated rings. The van der Waals surface area contributed by atoms with Crippen molar-refractivity contribution >= 4 is 10.0 Å². The summed E-state index contributed by atoms with van der Waals surface area (Å²) in [6, 6.07) is 12.9. The molecule has 0 unspecified atom stereocenters. The Hall–Kier alpha value is -2.91. The molecule has 9 heteroatoms. The van der Waals surface area contributed by atoms with Gasteiger partial charge in [0, 0.05) is 5.56 Å². The van der Waals surface area contributed by atoms with Crippen LogP contribution in [-0.4, -0.2) is 29.8 Å². The minimum Gasteiger partial charge on any atom is -0.494 e. The molecule has 0 bridgehead atoms. The predicted molar refractivity (Wildman–Crippen MR) is 92.2 cm³/mol. The Morgan fingerprint density at radius 1 is 1.12 bits per heavy atom. The van der Waals surface area contributed by atoms with Crippen molar-refractivity contribution < 1.29 is 13.2 Å². The van der Waals surface area contributed by atoms with Crippen LogP contribution in [0.5, 0.6) is 5.75 Å². The summed E-state index contributed by atoms with van der Waals surface area (Å²) in [6.45, 7) is 2.45. The molecule has 3 N–H and O–H groups in total. The number of aromatic nitrogens is 3. The van der Waals surface area contributed by atoms with E-state index in [1.807, 2.05) is 6.92 Å². The maximum atomic E-state index is 11.7. The normalized spacial score (nSPS) is 11.4. The van der Waals surface area contributed by atoms with E-state index in [9.17, 15) is 13.2 Å². The van der Waals surface area contributed by atoms with Gasteiger partial charge in [-0.1, -0.05) is 0 Å². The number of H-pyrrole nitrogens is 1. The van der Waals surface area contributed by atoms with Crippen molar-refractivity contribution in [2.45, 2.75) is 11.8 Å². The van der Waals surface area contributed by atoms with Gasteiger partial charge >= 0.3 is 5.69 Å². The zero-order valence-corrected chi connectivity index (χ0v) is 14.2. The lowest BCUT2D eigenvalue weighted by Crippen LogP contribution is -2.12. The SMILES string of the molecule is CCOc1ccc(-c2nc(=O)[nH]n2-c2ccc(S(N)(=O)=O)cc2)cc1. The molecule has 130 valence electrons. The zero-order valence-electron chi connectivity index (χ0n) is 13.3. The maximum Gasteiger partial charge on any atom is 0.362 e. The molecule has 2 aromatic carbocycles. The average Bonchev–Trinajstić information content (AvgIpc) is 2.97. The number of nitrogens with two attached hydrogens (primary N) is 1. The molecule has 1 aromatic heterocycles. The Morgan fingerprint density at radius 2 is 1.76 bits per heavy atom. The highest BCUT2D eigenvalue weighted by atomic mass is 32.2. The lowest BCUT2D eigenvalue weighted by Gasteiger charge is -2.08. The first-order chi connectivity index (χ1) is 11.9. The fourth-order valence-electron chi connectivity index (χ4n) is 2.35. The fourth-order valence-corrected chi connectivity index (χ4v) is 2.87. The summed E-state index contributed by atoms with van der Waals surface area (Å²) in [5.41, 5.74) is 0.739. The van der Waals surface area contributed by atoms with Crippen LogP contribution in [0.25, 0.3) is 17.1 Å². The van der Waals surface area contributed by atoms with E-state index in [1.165, 1.54) is 28.9 Å². The predicted octanol–water partition coefficient (Wildman–Crippen LogP) is 1.27. The first-order valence-corrected chi connectivity index (χ1v) is 8.98. The minimum absolute atomic E-state index is 0.0127. The molecule has 1 heterocycles. The third-order valence-electron chi connectivity index (χ3n) is 3.47. The second-order valence-electron chi connectivity index (χ2n) is 5.18. The molecule has 0 amide bonds. The molecule has 0 atom stereocenters. The highest BCUT2D eigenvalue weighted by Gasteiger charge is 2.13. The van der Waals surface area contributed by atoms with Crippen molar-refractivity contribution in [2.75, 3.05) is 6.61 Å². The molecule has 0 aliphatic carbocycles. The highest BCUT2D eigenvalue weighted by molar-refractivity contribution is 7.89. The van der Waals surface area contributed by atoms with Gasteiger partial charge < -0.3 is 4.74 Å². The number of primary sulfonamides is 1. The molecule has 0 spiro atoms. The van der Waals surface area contributed by atoms with Crippen LogP contribution >= 0.6 is 0 Å². The van der Waals surface area contributed by atoms with Gasteiger partial charge in [0.15, 0.2) is 5.82 Å². The van der Waals surface area contributed by atoms with Crippen molar-refractivity contribution in [1.29, 1.82) is 0 Å². The smallest absolute Gasteiger partial charge is 0.362 e. The number of rotatable bonds is 5. The number of sulfonamides is 1. The number of benzene rings is 2. The van der Waals surface area contributed by atoms with Crippen LogP contribution in [0.4, 0.5) is 0 Å². The number of nitrogens with zero attached hydrogens (tertiary/aromatic N) is 2. The molecule has 25 heavy (non-hydrogen) atoms. The summed E-state index contributed by atoms with van der Waals surface area (Å²) in [7, 11) is -3.78. The van der Waals surface area contributed by atoms with Crippen LogP contribution < -0.4 is 15.6 Å². The van der Waals surface area contributed by atoms with Crippen molar-refractivity contribution in [3.8, 4) is 22.8 Å². The van der Waals surface area contributed by atoms with Crippen LogP contribution in [0.3, 0.4) is 0 Å². The van der Waals surface area contributed by atoms with Gasteiger partial charge in [0.2, 0.25) is 10.0 Å². The first kappa shape index (κ1) is 16.9. The van der Waals surface area contributed by atoms with Gasteiger partial charge in [-0.3, -0.25) is 0 Å². The molecule has 0 radical (unpaired) electrons. The van der Waals surface area contributed by atoms with E-state index < -0.39 is 15.7 Å². The number of nitrogens with one attached hydrogen (secondary N) is 1. The van der Waals surface area contributed by atoms with E-state index in [2.05, 4.69) is 10.1 Å². The Bertz CT molecular complexity index is 1030. The molecule has 0 aliphatic heterocycles. The third-order valence-corrected chi connectivity index (χ3v) is 4.40. The summed E-state index contributed by atoms with van der Waals surface area (Å²) in [5, 5.41) is 7.69. The van der Waals surface area contributed by atoms with Gasteiger partial charge in [0.25, 0.3) is 0 Å². The molecule has 0 aliphatic rings. The monoisotopic (exact) mass is 360 g/mol. The second-order valence-corrected chi connectivity index (χ2v) is 6.75. The molecule has 0 saturated heterocycles. The van der Waals surface area contributed by atoms with E-state index in [0.29, 0.717) is 29.4 Å². The van der Waals surface area contributed by atoms with Gasteiger partial charge in [-0.2, -0.15) is 4.98 Å². The van der Waals surface area contributed by atoms with Crippen molar-refractivity contribution in [3.05, 3.63) is 59.0 Å². The largest absolute Gasteiger partial charge is 0.494 e. The number of hydrogen-bond acceptors (Lipinski definition) is 5. The summed E-state index contributed by atoms with van der Waals surface area (Å²) >= 11 is 0. The van der Waals surface area contributed by atoms with Crippen molar-refractivity contribution in [1.82, 2.24) is 14.8 Å². The lowest BCUT2D eigenvalue weighted by atomic mass is 10.2. The lowest BCUT2D eigenvalue weighted by molar-refractivity contribution is 0.340. The van der Waals surface area contributed by atoms with Crippen LogP contribution in [0.1, 0.15) is 6.92 Å². The Labute approximate surface area is 143 Å². The van der Waals surface area contributed by atoms with Gasteiger partial charge in [-0.05, 0) is 55.5 Å². The quantitative estimate of drug-likeness (QED) is 0.710. The van der Waals surface area contributed by atoms with Gasteiger partial charge in [-0.25, -0.2) is 28.1 Å². The Kier molecular flexibility index (Phi) is 4.43. The summed E-state index contributed by atoms with van der Waals surface area (Å²) < 4.78 is 29.6. The molecular formula is C16H16N4O4S. The summed E-state index contributed by atoms with van der Waals surface area (Å²) in [6.07, 6.45) is 0. The van der Waals surface area contributed by atoms with Gasteiger partial charge in [-0.15, -0.1) is 0 Å². The van der Waals surface area contributed by atoms with E-state index in [0.717, 1.165) is 0 Å². The Morgan fingerprint density at radius 3 is 2.32 bits per heavy atom. The van der Waals surface area contributed by atoms with Crippen molar-refractivity contribution in [2.24, 2.45) is 5.14 Å². The van der Waals surface area contributed by atoms with E-state index in [1.54, 1.807) is 24.3 Å². The highest BCUT2D eigenvalue weighted by Crippen LogP contribution is 2.22. The zero-order chi connectivity index (χ0) is 18.0. The average molecular weight is 360 g/mol. The summed E-state index contributed by atoms with van der Waals surface area (Å²) in [5.74, 6) is 1.12. The topological polar surface area (TPSA) is 120 Å². The number of aromatic amines is 1. The molecular weight excluding hydrogens is 344 g/mol. The van der Waals surface area contributed by atoms with Crippen LogP contribution in [0.2, 0.25) is 0 Å². The fraction of sp³-hybridized carbons (Fsp3) is 0.125. The summed E-state index contributed by atoms with van der Waals surface area (Å²) in [4.78, 5) is 15.7. The Balaban J connectivity index is 2.02. The van der Waals surface area contributed by atoms with Crippen LogP contribution in [0.15, 0.2) is 58.2 Å². The minimum atomic E-state index is -3.78. The standard InChI is InChI=1S/C16H16N4O4S/c1-2-24-13-7-3-11(4-8-13)15-18-16(21)19-20(15)12-5-9-14(10-6-12)25(17,22)23/h3-10H,2H2,1H3,(H,19,21)(H2,17,22,23). The van der Waals surface area contributed by atoms with E-state index >= 15 is 0 Å². The van der Waals surface area contributed by atoms with E-state index in [-0.39, 0.29) is 4.90 Å². The third kappa shape index (κ3) is 3.62. The van der Waals surface area contributed by atoms with Crippen molar-refractivity contribution in [3.63, 3.8) is 0 Å². The second kappa shape index (κ2) is 6.54. The number of hydrogen-bond donors (Lipinski definition) is 2. The first-order valence-electron chi connectivity index (χ1n) is 7.44. The van der Waals surface area contributed by atoms with Crippen LogP contribution in [0, 0.1) is 0 Å². The van der Waals surface area contributed by atoms with E-state index in [4.69, 9.17) is 9.88 Å². The number of ether oxygens (including phenoxy) is 1. The molecule has 3 rings (SSSR count). The van der Waals surface area contributed by atoms with Crippen LogP contribution in [-0.2, 0) is 10.0 Å². The maximum absolute atomic E-state index is 11.7. The molecule has 8 nitrogen and oxygen atoms in total. The molecule has 0 saturated carbocycles.